The molecule has 0 unspecified atom stereocenters. The van der Waals surface area contributed by atoms with Gasteiger partial charge in [0.1, 0.15) is 5.82 Å². The summed E-state index contributed by atoms with van der Waals surface area (Å²) in [6, 6.07) is 9.08. The monoisotopic (exact) mass is 360 g/mol. The molecule has 1 aromatic heterocycles. The van der Waals surface area contributed by atoms with Crippen LogP contribution in [0.1, 0.15) is 0 Å². The van der Waals surface area contributed by atoms with Gasteiger partial charge in [0.15, 0.2) is 17.5 Å². The first-order valence-corrected chi connectivity index (χ1v) is 8.13. The van der Waals surface area contributed by atoms with Gasteiger partial charge in [0.2, 0.25) is 5.95 Å². The first-order valence-electron chi connectivity index (χ1n) is 8.13. The van der Waals surface area contributed by atoms with E-state index < -0.39 is 17.5 Å². The van der Waals surface area contributed by atoms with Crippen LogP contribution in [-0.4, -0.2) is 36.3 Å². The van der Waals surface area contributed by atoms with E-state index in [1.807, 2.05) is 23.1 Å². The van der Waals surface area contributed by atoms with Gasteiger partial charge in [-0.15, -0.1) is 0 Å². The molecule has 2 heterocycles. The number of ether oxygens (including phenoxy) is 1. The average molecular weight is 360 g/mol. The van der Waals surface area contributed by atoms with E-state index in [1.54, 1.807) is 6.07 Å². The van der Waals surface area contributed by atoms with E-state index in [9.17, 15) is 13.2 Å². The second-order valence-electron chi connectivity index (χ2n) is 5.87. The molecule has 26 heavy (non-hydrogen) atoms. The zero-order chi connectivity index (χ0) is 18.1. The van der Waals surface area contributed by atoms with Crippen LogP contribution in [0.15, 0.2) is 36.4 Å². The first kappa shape index (κ1) is 16.6. The fraction of sp³-hybridized carbons (Fsp3) is 0.222. The Morgan fingerprint density at radius 1 is 0.962 bits per heavy atom. The predicted octanol–water partition coefficient (Wildman–Crippen LogP) is 3.63. The maximum absolute atomic E-state index is 13.5. The van der Waals surface area contributed by atoms with Gasteiger partial charge in [-0.3, -0.25) is 0 Å². The highest BCUT2D eigenvalue weighted by molar-refractivity contribution is 5.91. The molecule has 0 aliphatic carbocycles. The largest absolute Gasteiger partial charge is 0.378 e. The van der Waals surface area contributed by atoms with Crippen molar-refractivity contribution in [3.8, 4) is 0 Å². The SMILES string of the molecule is Fc1cc(Nc2nc(N3CCOCC3)nc3ccccc23)cc(F)c1F. The minimum atomic E-state index is -1.50. The molecule has 1 N–H and O–H groups in total. The fourth-order valence-corrected chi connectivity index (χ4v) is 2.83. The van der Waals surface area contributed by atoms with Gasteiger partial charge in [0.25, 0.3) is 0 Å². The molecular formula is C18H15F3N4O. The molecule has 5 nitrogen and oxygen atoms in total. The number of aromatic nitrogens is 2. The summed E-state index contributed by atoms with van der Waals surface area (Å²) in [6.45, 7) is 2.45. The van der Waals surface area contributed by atoms with Gasteiger partial charge in [0, 0.05) is 36.3 Å². The molecule has 1 saturated heterocycles. The van der Waals surface area contributed by atoms with Gasteiger partial charge < -0.3 is 15.0 Å². The molecule has 4 rings (SSSR count). The number of hydrogen-bond acceptors (Lipinski definition) is 5. The smallest absolute Gasteiger partial charge is 0.228 e. The summed E-state index contributed by atoms with van der Waals surface area (Å²) in [7, 11) is 0. The maximum Gasteiger partial charge on any atom is 0.228 e. The quantitative estimate of drug-likeness (QED) is 0.723. The Balaban J connectivity index is 1.77. The van der Waals surface area contributed by atoms with E-state index in [1.165, 1.54) is 0 Å². The number of nitrogens with zero attached hydrogens (tertiary/aromatic N) is 3. The van der Waals surface area contributed by atoms with Crippen molar-refractivity contribution >= 4 is 28.4 Å². The number of anilines is 3. The summed E-state index contributed by atoms with van der Waals surface area (Å²) >= 11 is 0. The third-order valence-electron chi connectivity index (χ3n) is 4.13. The van der Waals surface area contributed by atoms with Crippen molar-refractivity contribution in [3.05, 3.63) is 53.8 Å². The number of nitrogens with one attached hydrogen (secondary N) is 1. The second kappa shape index (κ2) is 6.80. The minimum Gasteiger partial charge on any atom is -0.378 e. The maximum atomic E-state index is 13.5. The highest BCUT2D eigenvalue weighted by atomic mass is 19.2. The van der Waals surface area contributed by atoms with Gasteiger partial charge in [-0.1, -0.05) is 12.1 Å². The summed E-state index contributed by atoms with van der Waals surface area (Å²) < 4.78 is 45.6. The van der Waals surface area contributed by atoms with E-state index in [4.69, 9.17) is 4.74 Å². The van der Waals surface area contributed by atoms with Crippen LogP contribution in [-0.2, 0) is 4.74 Å². The molecule has 1 aliphatic heterocycles. The van der Waals surface area contributed by atoms with E-state index in [-0.39, 0.29) is 5.69 Å². The molecule has 2 aromatic carbocycles. The van der Waals surface area contributed by atoms with Crippen LogP contribution in [0.25, 0.3) is 10.9 Å². The number of halogens is 3. The molecule has 0 bridgehead atoms. The van der Waals surface area contributed by atoms with Crippen LogP contribution in [0.5, 0.6) is 0 Å². The van der Waals surface area contributed by atoms with Crippen LogP contribution in [0.3, 0.4) is 0 Å². The lowest BCUT2D eigenvalue weighted by Gasteiger charge is -2.27. The van der Waals surface area contributed by atoms with Crippen molar-refractivity contribution in [1.29, 1.82) is 0 Å². The molecule has 0 spiro atoms. The third kappa shape index (κ3) is 3.15. The number of hydrogen-bond donors (Lipinski definition) is 1. The third-order valence-corrected chi connectivity index (χ3v) is 4.13. The zero-order valence-electron chi connectivity index (χ0n) is 13.7. The number of morpholine rings is 1. The van der Waals surface area contributed by atoms with Crippen LogP contribution < -0.4 is 10.2 Å². The van der Waals surface area contributed by atoms with E-state index in [0.717, 1.165) is 12.1 Å². The summed E-state index contributed by atoms with van der Waals surface area (Å²) in [5, 5.41) is 3.57. The summed E-state index contributed by atoms with van der Waals surface area (Å²) in [4.78, 5) is 11.1. The molecule has 0 radical (unpaired) electrons. The Kier molecular flexibility index (Phi) is 4.34. The standard InChI is InChI=1S/C18H15F3N4O/c19-13-9-11(10-14(20)16(13)21)22-17-12-3-1-2-4-15(12)23-18(24-17)25-5-7-26-8-6-25/h1-4,9-10H,5-8H2,(H,22,23,24). The van der Waals surface area contributed by atoms with Crippen molar-refractivity contribution in [1.82, 2.24) is 9.97 Å². The summed E-state index contributed by atoms with van der Waals surface area (Å²) in [5.74, 6) is -3.14. The normalized spacial score (nSPS) is 14.7. The molecule has 1 fully saturated rings. The topological polar surface area (TPSA) is 50.3 Å². The molecule has 3 aromatic rings. The number of fused-ring (bicyclic) bond motifs is 1. The number of para-hydroxylation sites is 1. The molecule has 8 heteroatoms. The van der Waals surface area contributed by atoms with Crippen LogP contribution in [0.2, 0.25) is 0 Å². The highest BCUT2D eigenvalue weighted by Crippen LogP contribution is 2.28. The van der Waals surface area contributed by atoms with Crippen molar-refractivity contribution in [2.75, 3.05) is 36.5 Å². The van der Waals surface area contributed by atoms with Gasteiger partial charge in [-0.05, 0) is 12.1 Å². The van der Waals surface area contributed by atoms with Crippen molar-refractivity contribution < 1.29 is 17.9 Å². The average Bonchev–Trinajstić information content (AvgIpc) is 2.66. The number of benzene rings is 2. The Bertz CT molecular complexity index is 937. The molecular weight excluding hydrogens is 345 g/mol. The summed E-state index contributed by atoms with van der Waals surface area (Å²) in [5.41, 5.74) is 0.757. The molecule has 134 valence electrons. The Morgan fingerprint density at radius 3 is 2.38 bits per heavy atom. The van der Waals surface area contributed by atoms with Gasteiger partial charge in [-0.2, -0.15) is 4.98 Å². The Morgan fingerprint density at radius 2 is 1.65 bits per heavy atom. The Hall–Kier alpha value is -2.87. The minimum absolute atomic E-state index is 0.0678. The van der Waals surface area contributed by atoms with Crippen LogP contribution >= 0.6 is 0 Å². The lowest BCUT2D eigenvalue weighted by Crippen LogP contribution is -2.37. The lowest BCUT2D eigenvalue weighted by atomic mass is 10.2. The predicted molar refractivity (Wildman–Crippen MR) is 92.2 cm³/mol. The molecule has 0 amide bonds. The van der Waals surface area contributed by atoms with Gasteiger partial charge >= 0.3 is 0 Å². The first-order chi connectivity index (χ1) is 12.6. The molecule has 0 saturated carbocycles. The van der Waals surface area contributed by atoms with Crippen LogP contribution in [0, 0.1) is 17.5 Å². The Labute approximate surface area is 147 Å². The fourth-order valence-electron chi connectivity index (χ4n) is 2.83. The van der Waals surface area contributed by atoms with Crippen molar-refractivity contribution in [2.24, 2.45) is 0 Å². The van der Waals surface area contributed by atoms with Crippen molar-refractivity contribution in [3.63, 3.8) is 0 Å². The van der Waals surface area contributed by atoms with Crippen LogP contribution in [0.4, 0.5) is 30.6 Å². The van der Waals surface area contributed by atoms with Crippen molar-refractivity contribution in [2.45, 2.75) is 0 Å². The van der Waals surface area contributed by atoms with E-state index in [0.29, 0.717) is 49.0 Å². The van der Waals surface area contributed by atoms with Gasteiger partial charge in [0.05, 0.1) is 18.7 Å². The molecule has 0 atom stereocenters. The zero-order valence-corrected chi connectivity index (χ0v) is 13.7. The van der Waals surface area contributed by atoms with E-state index >= 15 is 0 Å². The molecule has 1 aliphatic rings. The summed E-state index contributed by atoms with van der Waals surface area (Å²) in [6.07, 6.45) is 0. The van der Waals surface area contributed by atoms with E-state index in [2.05, 4.69) is 15.3 Å². The second-order valence-corrected chi connectivity index (χ2v) is 5.87. The lowest BCUT2D eigenvalue weighted by molar-refractivity contribution is 0.122. The number of rotatable bonds is 3. The highest BCUT2D eigenvalue weighted by Gasteiger charge is 2.17. The van der Waals surface area contributed by atoms with Gasteiger partial charge in [-0.25, -0.2) is 18.2 Å².